The van der Waals surface area contributed by atoms with Crippen LogP contribution < -0.4 is 0 Å². The molecule has 0 aliphatic heterocycles. The summed E-state index contributed by atoms with van der Waals surface area (Å²) in [6.07, 6.45) is 2.41. The molecule has 0 bridgehead atoms. The van der Waals surface area contributed by atoms with E-state index in [1.54, 1.807) is 0 Å². The van der Waals surface area contributed by atoms with Crippen molar-refractivity contribution in [1.82, 2.24) is 4.57 Å². The largest absolute Gasteiger partial charge is 0.329 e. The van der Waals surface area contributed by atoms with Crippen LogP contribution in [0.5, 0.6) is 0 Å². The first-order valence-corrected chi connectivity index (χ1v) is 5.79. The SMILES string of the molecule is N#Cc1cc2cc(Br)ccc2n1C1CC1. The fourth-order valence-corrected chi connectivity index (χ4v) is 2.40. The molecule has 15 heavy (non-hydrogen) atoms. The Kier molecular flexibility index (Phi) is 1.86. The number of hydrogen-bond donors (Lipinski definition) is 0. The first-order valence-electron chi connectivity index (χ1n) is 5.00. The van der Waals surface area contributed by atoms with Crippen molar-refractivity contribution in [1.29, 1.82) is 5.26 Å². The van der Waals surface area contributed by atoms with Crippen LogP contribution in [0.1, 0.15) is 24.6 Å². The van der Waals surface area contributed by atoms with Gasteiger partial charge in [-0.05, 0) is 37.1 Å². The highest BCUT2D eigenvalue weighted by Gasteiger charge is 2.27. The molecule has 1 aromatic heterocycles. The van der Waals surface area contributed by atoms with Crippen LogP contribution in [0.3, 0.4) is 0 Å². The predicted molar refractivity (Wildman–Crippen MR) is 62.6 cm³/mol. The van der Waals surface area contributed by atoms with E-state index < -0.39 is 0 Å². The molecule has 2 aromatic rings. The smallest absolute Gasteiger partial charge is 0.121 e. The average molecular weight is 261 g/mol. The summed E-state index contributed by atoms with van der Waals surface area (Å²) in [5.41, 5.74) is 1.96. The van der Waals surface area contributed by atoms with Crippen molar-refractivity contribution in [2.75, 3.05) is 0 Å². The Bertz CT molecular complexity index is 573. The lowest BCUT2D eigenvalue weighted by Gasteiger charge is -2.03. The lowest BCUT2D eigenvalue weighted by molar-refractivity contribution is 0.764. The number of rotatable bonds is 1. The van der Waals surface area contributed by atoms with E-state index in [9.17, 15) is 0 Å². The van der Waals surface area contributed by atoms with Gasteiger partial charge in [0.1, 0.15) is 11.8 Å². The lowest BCUT2D eigenvalue weighted by atomic mass is 10.2. The zero-order valence-electron chi connectivity index (χ0n) is 8.07. The van der Waals surface area contributed by atoms with E-state index >= 15 is 0 Å². The van der Waals surface area contributed by atoms with Gasteiger partial charge >= 0.3 is 0 Å². The number of fused-ring (bicyclic) bond motifs is 1. The van der Waals surface area contributed by atoms with E-state index in [0.717, 1.165) is 15.6 Å². The van der Waals surface area contributed by atoms with Gasteiger partial charge in [0.15, 0.2) is 0 Å². The first-order chi connectivity index (χ1) is 7.29. The second-order valence-corrected chi connectivity index (χ2v) is 4.86. The van der Waals surface area contributed by atoms with Gasteiger partial charge in [0, 0.05) is 21.4 Å². The fourth-order valence-electron chi connectivity index (χ4n) is 2.02. The van der Waals surface area contributed by atoms with Crippen LogP contribution in [0, 0.1) is 11.3 Å². The second kappa shape index (κ2) is 3.11. The zero-order valence-corrected chi connectivity index (χ0v) is 9.66. The second-order valence-electron chi connectivity index (χ2n) is 3.95. The third-order valence-corrected chi connectivity index (χ3v) is 3.32. The van der Waals surface area contributed by atoms with Gasteiger partial charge in [0.05, 0.1) is 0 Å². The molecule has 1 aliphatic carbocycles. The number of nitrogens with zero attached hydrogens (tertiary/aromatic N) is 2. The lowest BCUT2D eigenvalue weighted by Crippen LogP contribution is -1.95. The van der Waals surface area contributed by atoms with Gasteiger partial charge in [-0.2, -0.15) is 5.26 Å². The van der Waals surface area contributed by atoms with Gasteiger partial charge in [-0.25, -0.2) is 0 Å². The Hall–Kier alpha value is -1.27. The van der Waals surface area contributed by atoms with Crippen LogP contribution in [0.4, 0.5) is 0 Å². The zero-order chi connectivity index (χ0) is 10.4. The number of hydrogen-bond acceptors (Lipinski definition) is 1. The first kappa shape index (κ1) is 8.99. The Balaban J connectivity index is 2.34. The summed E-state index contributed by atoms with van der Waals surface area (Å²) in [6, 6.07) is 11.0. The predicted octanol–water partition coefficient (Wildman–Crippen LogP) is 3.61. The molecule has 1 aromatic carbocycles. The molecule has 1 saturated carbocycles. The van der Waals surface area contributed by atoms with Gasteiger partial charge in [-0.3, -0.25) is 0 Å². The Labute approximate surface area is 96.2 Å². The Morgan fingerprint density at radius 2 is 2.13 bits per heavy atom. The maximum absolute atomic E-state index is 9.08. The van der Waals surface area contributed by atoms with Crippen LogP contribution in [0.2, 0.25) is 0 Å². The third kappa shape index (κ3) is 1.37. The fraction of sp³-hybridized carbons (Fsp3) is 0.250. The Morgan fingerprint density at radius 3 is 2.80 bits per heavy atom. The van der Waals surface area contributed by atoms with Crippen LogP contribution in [-0.4, -0.2) is 4.57 Å². The maximum Gasteiger partial charge on any atom is 0.121 e. The highest BCUT2D eigenvalue weighted by atomic mass is 79.9. The Morgan fingerprint density at radius 1 is 1.33 bits per heavy atom. The molecule has 74 valence electrons. The van der Waals surface area contributed by atoms with Crippen LogP contribution >= 0.6 is 15.9 Å². The van der Waals surface area contributed by atoms with Crippen molar-refractivity contribution in [3.63, 3.8) is 0 Å². The van der Waals surface area contributed by atoms with Gasteiger partial charge < -0.3 is 4.57 Å². The van der Waals surface area contributed by atoms with E-state index in [1.165, 1.54) is 18.4 Å². The number of halogens is 1. The molecular weight excluding hydrogens is 252 g/mol. The van der Waals surface area contributed by atoms with Crippen molar-refractivity contribution >= 4 is 26.8 Å². The molecule has 3 heteroatoms. The monoisotopic (exact) mass is 260 g/mol. The standard InChI is InChI=1S/C12H9BrN2/c13-9-1-4-12-8(5-9)6-11(7-14)15(12)10-2-3-10/h1,4-6,10H,2-3H2. The molecule has 2 nitrogen and oxygen atoms in total. The molecule has 0 unspecified atom stereocenters. The summed E-state index contributed by atoms with van der Waals surface area (Å²) in [5, 5.41) is 10.2. The molecule has 0 radical (unpaired) electrons. The van der Waals surface area contributed by atoms with E-state index in [2.05, 4.69) is 38.7 Å². The van der Waals surface area contributed by atoms with Gasteiger partial charge in [0.2, 0.25) is 0 Å². The van der Waals surface area contributed by atoms with E-state index in [4.69, 9.17) is 5.26 Å². The van der Waals surface area contributed by atoms with Crippen LogP contribution in [0.25, 0.3) is 10.9 Å². The van der Waals surface area contributed by atoms with Crippen LogP contribution in [-0.2, 0) is 0 Å². The number of benzene rings is 1. The van der Waals surface area contributed by atoms with Gasteiger partial charge in [-0.1, -0.05) is 15.9 Å². The van der Waals surface area contributed by atoms with Crippen molar-refractivity contribution in [3.8, 4) is 6.07 Å². The number of nitriles is 1. The van der Waals surface area contributed by atoms with Crippen molar-refractivity contribution in [2.24, 2.45) is 0 Å². The maximum atomic E-state index is 9.08. The molecule has 1 aliphatic rings. The number of aromatic nitrogens is 1. The molecule has 3 rings (SSSR count). The van der Waals surface area contributed by atoms with Crippen LogP contribution in [0.15, 0.2) is 28.7 Å². The van der Waals surface area contributed by atoms with Crippen molar-refractivity contribution < 1.29 is 0 Å². The summed E-state index contributed by atoms with van der Waals surface area (Å²) in [7, 11) is 0. The molecule has 0 spiro atoms. The molecule has 0 saturated heterocycles. The third-order valence-electron chi connectivity index (χ3n) is 2.83. The average Bonchev–Trinajstić information content (AvgIpc) is 2.99. The highest BCUT2D eigenvalue weighted by Crippen LogP contribution is 2.39. The molecule has 0 atom stereocenters. The molecule has 1 fully saturated rings. The molecule has 1 heterocycles. The highest BCUT2D eigenvalue weighted by molar-refractivity contribution is 9.10. The van der Waals surface area contributed by atoms with E-state index in [0.29, 0.717) is 6.04 Å². The summed E-state index contributed by atoms with van der Waals surface area (Å²) in [4.78, 5) is 0. The van der Waals surface area contributed by atoms with Crippen molar-refractivity contribution in [2.45, 2.75) is 18.9 Å². The van der Waals surface area contributed by atoms with Crippen molar-refractivity contribution in [3.05, 3.63) is 34.4 Å². The molecule has 0 amide bonds. The minimum absolute atomic E-state index is 0.554. The van der Waals surface area contributed by atoms with Gasteiger partial charge in [0.25, 0.3) is 0 Å². The summed E-state index contributed by atoms with van der Waals surface area (Å²) < 4.78 is 3.23. The minimum atomic E-state index is 0.554. The topological polar surface area (TPSA) is 28.7 Å². The minimum Gasteiger partial charge on any atom is -0.329 e. The normalized spacial score (nSPS) is 15.5. The summed E-state index contributed by atoms with van der Waals surface area (Å²) >= 11 is 3.45. The summed E-state index contributed by atoms with van der Waals surface area (Å²) in [5.74, 6) is 0. The summed E-state index contributed by atoms with van der Waals surface area (Å²) in [6.45, 7) is 0. The molecular formula is C12H9BrN2. The van der Waals surface area contributed by atoms with E-state index in [-0.39, 0.29) is 0 Å². The molecule has 0 N–H and O–H groups in total. The van der Waals surface area contributed by atoms with E-state index in [1.807, 2.05) is 12.1 Å². The van der Waals surface area contributed by atoms with Gasteiger partial charge in [-0.15, -0.1) is 0 Å². The quantitative estimate of drug-likeness (QED) is 0.770.